The van der Waals surface area contributed by atoms with Crippen LogP contribution in [0.5, 0.6) is 0 Å². The number of benzene rings is 19. The van der Waals surface area contributed by atoms with E-state index in [2.05, 4.69) is 439 Å². The predicted molar refractivity (Wildman–Crippen MR) is 486 cm³/mol. The van der Waals surface area contributed by atoms with Crippen LogP contribution in [-0.2, 0) is 0 Å². The van der Waals surface area contributed by atoms with Gasteiger partial charge in [-0.1, -0.05) is 346 Å². The smallest absolute Gasteiger partial charge is 0.252 e. The molecule has 4 nitrogen and oxygen atoms in total. The van der Waals surface area contributed by atoms with Gasteiger partial charge in [-0.05, 0) is 195 Å². The van der Waals surface area contributed by atoms with Crippen LogP contribution in [0.25, 0.3) is 171 Å². The zero-order valence-corrected chi connectivity index (χ0v) is 62.7. The minimum Gasteiger partial charge on any atom is -0.456 e. The minimum absolute atomic E-state index is 0.336. The molecule has 5 heteroatoms. The third-order valence-electron chi connectivity index (χ3n) is 24.1. The van der Waals surface area contributed by atoms with Crippen LogP contribution in [0.2, 0.25) is 0 Å². The van der Waals surface area contributed by atoms with Gasteiger partial charge in [0, 0.05) is 66.5 Å². The minimum atomic E-state index is -0.336. The number of para-hydroxylation sites is 3. The van der Waals surface area contributed by atoms with Gasteiger partial charge in [-0.15, -0.1) is 0 Å². The molecule has 0 fully saturated rings. The van der Waals surface area contributed by atoms with Crippen molar-refractivity contribution in [1.82, 2.24) is 4.57 Å². The lowest BCUT2D eigenvalue weighted by atomic mass is 9.33. The highest BCUT2D eigenvalue weighted by Gasteiger charge is 2.46. The van der Waals surface area contributed by atoms with E-state index in [9.17, 15) is 0 Å². The normalized spacial score (nSPS) is 12.3. The SMILES string of the molecule is c1ccc(-c2cc(-c3ccccc3)c(N3c4cc(-c5ccc6c(c5)oc5ccccc56)ccc4B4c5ccc(-c6c7ccccc7c(-c7ccccc7)c7ccccc67)cc5N(c5c(-c6ccccc6)cc(-c6ccccc6)cc5-c5ccccc5)c5cc(-n6c7ccccc7c7ccccc76)cc3c54)c(-c3ccccc3)c2)cc1. The van der Waals surface area contributed by atoms with Gasteiger partial charge in [-0.2, -0.15) is 0 Å². The van der Waals surface area contributed by atoms with Crippen LogP contribution in [0.3, 0.4) is 0 Å². The highest BCUT2D eigenvalue weighted by atomic mass is 16.3. The molecule has 0 spiro atoms. The predicted octanol–water partition coefficient (Wildman–Crippen LogP) is 28.1. The molecule has 0 saturated carbocycles. The molecule has 0 bridgehead atoms. The fourth-order valence-corrected chi connectivity index (χ4v) is 19.1. The lowest BCUT2D eigenvalue weighted by Gasteiger charge is -2.46. The summed E-state index contributed by atoms with van der Waals surface area (Å²) in [4.78, 5) is 5.42. The maximum Gasteiger partial charge on any atom is 0.252 e. The second kappa shape index (κ2) is 26.9. The summed E-state index contributed by atoms with van der Waals surface area (Å²) in [5, 5.41) is 9.35. The van der Waals surface area contributed by atoms with E-state index in [1.54, 1.807) is 0 Å². The Bertz CT molecular complexity index is 7210. The van der Waals surface area contributed by atoms with Crippen molar-refractivity contribution < 1.29 is 4.42 Å². The number of hydrogen-bond donors (Lipinski definition) is 0. The average molecular weight is 1460 g/mol. The van der Waals surface area contributed by atoms with Crippen LogP contribution in [0.4, 0.5) is 34.1 Å². The second-order valence-corrected chi connectivity index (χ2v) is 30.5. The summed E-state index contributed by atoms with van der Waals surface area (Å²) < 4.78 is 9.34. The Kier molecular flexibility index (Phi) is 15.4. The van der Waals surface area contributed by atoms with Crippen LogP contribution in [-0.4, -0.2) is 11.3 Å². The van der Waals surface area contributed by atoms with Gasteiger partial charge >= 0.3 is 0 Å². The van der Waals surface area contributed by atoms with E-state index in [0.29, 0.717) is 0 Å². The zero-order chi connectivity index (χ0) is 75.6. The molecule has 0 atom stereocenters. The van der Waals surface area contributed by atoms with E-state index in [1.807, 2.05) is 0 Å². The van der Waals surface area contributed by atoms with Gasteiger partial charge in [0.2, 0.25) is 0 Å². The zero-order valence-electron chi connectivity index (χ0n) is 62.7. The van der Waals surface area contributed by atoms with Crippen molar-refractivity contribution in [3.63, 3.8) is 0 Å². The summed E-state index contributed by atoms with van der Waals surface area (Å²) in [5.41, 5.74) is 35.1. The van der Waals surface area contributed by atoms with E-state index in [0.717, 1.165) is 156 Å². The van der Waals surface area contributed by atoms with Crippen molar-refractivity contribution in [3.8, 4) is 106 Å². The van der Waals surface area contributed by atoms with Gasteiger partial charge in [0.1, 0.15) is 11.2 Å². The topological polar surface area (TPSA) is 24.6 Å². The standard InChI is InChI=1S/C110H70BN3O/c1-8-32-71(33-9-1)81-62-92(73-36-12-3-13-37-73)109(93(63-81)74-38-14-4-15-39-74)113-100-66-78(79-56-59-87-86-48-28-31-55-104(86)115-105(87)68-79)57-60-96(100)111-97-61-58-80(107-90-51-24-22-49-88(90)106(77-44-20-7-21-45-77)89-50-23-25-52-91(89)107)67-101(97)114(103-70-83(69-102(113)108(103)111)112-98-53-29-26-46-84(98)85-47-27-30-54-99(85)112)110-94(75-40-16-5-17-41-75)64-82(72-34-10-2-11-35-72)65-95(110)76-42-18-6-19-43-76/h1-70H. The van der Waals surface area contributed by atoms with E-state index >= 15 is 0 Å². The molecule has 4 heterocycles. The maximum absolute atomic E-state index is 6.79. The Morgan fingerprint density at radius 2 is 0.522 bits per heavy atom. The van der Waals surface area contributed by atoms with Crippen molar-refractivity contribution in [1.29, 1.82) is 0 Å². The first-order chi connectivity index (χ1) is 57.1. The summed E-state index contributed by atoms with van der Waals surface area (Å²) in [6.07, 6.45) is 0. The molecule has 115 heavy (non-hydrogen) atoms. The second-order valence-electron chi connectivity index (χ2n) is 30.5. The van der Waals surface area contributed by atoms with Crippen LogP contribution in [0, 0.1) is 0 Å². The van der Waals surface area contributed by atoms with Gasteiger partial charge in [-0.3, -0.25) is 0 Å². The summed E-state index contributed by atoms with van der Waals surface area (Å²) in [6, 6.07) is 159. The molecule has 21 aromatic rings. The average Bonchev–Trinajstić information content (AvgIpc) is 0.777. The van der Waals surface area contributed by atoms with Crippen molar-refractivity contribution in [2.24, 2.45) is 0 Å². The van der Waals surface area contributed by atoms with E-state index in [1.165, 1.54) is 65.4 Å². The third kappa shape index (κ3) is 10.7. The Balaban J connectivity index is 0.914. The van der Waals surface area contributed by atoms with Crippen LogP contribution in [0.1, 0.15) is 0 Å². The molecule has 0 N–H and O–H groups in total. The van der Waals surface area contributed by atoms with Crippen molar-refractivity contribution in [2.75, 3.05) is 9.80 Å². The highest BCUT2D eigenvalue weighted by molar-refractivity contribution is 7.00. The number of aromatic nitrogens is 1. The number of fused-ring (bicyclic) bond motifs is 12. The quantitative estimate of drug-likeness (QED) is 0.0900. The first-order valence-corrected chi connectivity index (χ1v) is 39.7. The van der Waals surface area contributed by atoms with E-state index in [-0.39, 0.29) is 6.71 Å². The number of hydrogen-bond acceptors (Lipinski definition) is 3. The fraction of sp³-hybridized carbons (Fsp3) is 0. The molecule has 0 unspecified atom stereocenters. The lowest BCUT2D eigenvalue weighted by molar-refractivity contribution is 0.669. The summed E-state index contributed by atoms with van der Waals surface area (Å²) >= 11 is 0. The molecule has 0 aliphatic carbocycles. The first-order valence-electron chi connectivity index (χ1n) is 39.7. The van der Waals surface area contributed by atoms with E-state index < -0.39 is 0 Å². The molecule has 19 aromatic carbocycles. The molecule has 2 aliphatic rings. The Morgan fingerprint density at radius 3 is 0.957 bits per heavy atom. The van der Waals surface area contributed by atoms with E-state index in [4.69, 9.17) is 4.42 Å². The number of rotatable bonds is 12. The molecule has 0 amide bonds. The van der Waals surface area contributed by atoms with Crippen molar-refractivity contribution in [2.45, 2.75) is 0 Å². The summed E-state index contributed by atoms with van der Waals surface area (Å²) in [6.45, 7) is -0.336. The number of furan rings is 1. The molecule has 23 rings (SSSR count). The fourth-order valence-electron chi connectivity index (χ4n) is 19.1. The molecule has 0 saturated heterocycles. The van der Waals surface area contributed by atoms with Gasteiger partial charge in [0.05, 0.1) is 28.1 Å². The first kappa shape index (κ1) is 65.8. The number of anilines is 6. The maximum atomic E-state index is 6.79. The highest BCUT2D eigenvalue weighted by Crippen LogP contribution is 2.57. The Hall–Kier alpha value is -15.0. The lowest BCUT2D eigenvalue weighted by Crippen LogP contribution is -2.61. The van der Waals surface area contributed by atoms with Gasteiger partial charge < -0.3 is 18.8 Å². The van der Waals surface area contributed by atoms with Crippen LogP contribution >= 0.6 is 0 Å². The molecule has 534 valence electrons. The molecular formula is C110H70BN3O. The molecule has 2 aromatic heterocycles. The Morgan fingerprint density at radius 1 is 0.200 bits per heavy atom. The van der Waals surface area contributed by atoms with Crippen molar-refractivity contribution in [3.05, 3.63) is 425 Å². The summed E-state index contributed by atoms with van der Waals surface area (Å²) in [7, 11) is 0. The van der Waals surface area contributed by atoms with Gasteiger partial charge in [0.25, 0.3) is 6.71 Å². The van der Waals surface area contributed by atoms with Crippen LogP contribution in [0.15, 0.2) is 429 Å². The van der Waals surface area contributed by atoms with Gasteiger partial charge in [-0.25, -0.2) is 0 Å². The number of nitrogens with zero attached hydrogens (tertiary/aromatic N) is 3. The van der Waals surface area contributed by atoms with Gasteiger partial charge in [0.15, 0.2) is 0 Å². The molecule has 2 aliphatic heterocycles. The monoisotopic (exact) mass is 1460 g/mol. The van der Waals surface area contributed by atoms with Crippen LogP contribution < -0.4 is 26.2 Å². The summed E-state index contributed by atoms with van der Waals surface area (Å²) in [5.74, 6) is 0. The van der Waals surface area contributed by atoms with Crippen molar-refractivity contribution >= 4 is 123 Å². The molecular weight excluding hydrogens is 1390 g/mol. The largest absolute Gasteiger partial charge is 0.456 e. The Labute approximate surface area is 667 Å². The molecule has 0 radical (unpaired) electrons. The third-order valence-corrected chi connectivity index (χ3v) is 24.1.